The van der Waals surface area contributed by atoms with Crippen LogP contribution >= 0.6 is 11.6 Å². The van der Waals surface area contributed by atoms with E-state index >= 15 is 0 Å². The summed E-state index contributed by atoms with van der Waals surface area (Å²) in [5, 5.41) is 8.14. The highest BCUT2D eigenvalue weighted by molar-refractivity contribution is 6.30. The molecule has 1 N–H and O–H groups in total. The van der Waals surface area contributed by atoms with Gasteiger partial charge in [-0.2, -0.15) is 4.98 Å². The van der Waals surface area contributed by atoms with Crippen molar-refractivity contribution in [2.24, 2.45) is 4.99 Å². The van der Waals surface area contributed by atoms with Gasteiger partial charge in [0, 0.05) is 43.2 Å². The second-order valence-electron chi connectivity index (χ2n) is 7.31. The lowest BCUT2D eigenvalue weighted by Gasteiger charge is -2.29. The van der Waals surface area contributed by atoms with Gasteiger partial charge >= 0.3 is 0 Å². The second kappa shape index (κ2) is 10.6. The maximum Gasteiger partial charge on any atom is 0.228 e. The van der Waals surface area contributed by atoms with Gasteiger partial charge in [-0.25, -0.2) is 0 Å². The molecular weight excluding hydrogens is 388 g/mol. The van der Waals surface area contributed by atoms with Crippen molar-refractivity contribution in [3.05, 3.63) is 35.2 Å². The minimum absolute atomic E-state index is 0.575. The third-order valence-corrected chi connectivity index (χ3v) is 5.50. The van der Waals surface area contributed by atoms with E-state index < -0.39 is 0 Å². The Morgan fingerprint density at radius 3 is 2.86 bits per heavy atom. The summed E-state index contributed by atoms with van der Waals surface area (Å²) >= 11 is 5.93. The molecule has 2 aromatic rings. The molecule has 3 rings (SSSR count). The van der Waals surface area contributed by atoms with Gasteiger partial charge in [0.05, 0.1) is 6.54 Å². The summed E-state index contributed by atoms with van der Waals surface area (Å²) < 4.78 is 5.38. The molecule has 158 valence electrons. The third-order valence-electron chi connectivity index (χ3n) is 5.24. The van der Waals surface area contributed by atoms with E-state index in [0.29, 0.717) is 35.7 Å². The van der Waals surface area contributed by atoms with Crippen LogP contribution in [-0.2, 0) is 6.42 Å². The molecule has 1 aromatic carbocycles. The molecule has 7 nitrogen and oxygen atoms in total. The summed E-state index contributed by atoms with van der Waals surface area (Å²) in [5.74, 6) is 2.09. The van der Waals surface area contributed by atoms with E-state index in [-0.39, 0.29) is 0 Å². The Hall–Kier alpha value is -2.12. The first-order chi connectivity index (χ1) is 14.1. The highest BCUT2D eigenvalue weighted by Gasteiger charge is 2.24. The van der Waals surface area contributed by atoms with Crippen LogP contribution in [0, 0.1) is 0 Å². The average Bonchev–Trinajstić information content (AvgIpc) is 3.37. The first-order valence-electron chi connectivity index (χ1n) is 10.4. The zero-order valence-corrected chi connectivity index (χ0v) is 18.3. The summed E-state index contributed by atoms with van der Waals surface area (Å²) in [6, 6.07) is 8.01. The SMILES string of the molecule is CCNC(=NCCc1nc(-c2ccc(Cl)cc2)no1)N(C)CC1CCCN1CC. The van der Waals surface area contributed by atoms with Crippen LogP contribution in [0.5, 0.6) is 0 Å². The number of nitrogens with one attached hydrogen (secondary N) is 1. The van der Waals surface area contributed by atoms with Crippen molar-refractivity contribution in [2.45, 2.75) is 39.2 Å². The molecule has 0 bridgehead atoms. The van der Waals surface area contributed by atoms with Gasteiger partial charge < -0.3 is 14.7 Å². The molecular formula is C21H31ClN6O. The summed E-state index contributed by atoms with van der Waals surface area (Å²) in [5.41, 5.74) is 0.887. The monoisotopic (exact) mass is 418 g/mol. The molecule has 1 atom stereocenters. The minimum atomic E-state index is 0.575. The van der Waals surface area contributed by atoms with Gasteiger partial charge in [0.2, 0.25) is 11.7 Å². The standard InChI is InChI=1S/C21H31ClN6O/c1-4-23-21(27(3)15-18-7-6-14-28(18)5-2)24-13-12-19-25-20(26-29-19)16-8-10-17(22)11-9-16/h8-11,18H,4-7,12-15H2,1-3H3,(H,23,24). The predicted octanol–water partition coefficient (Wildman–Crippen LogP) is 3.31. The van der Waals surface area contributed by atoms with Gasteiger partial charge in [-0.05, 0) is 57.1 Å². The van der Waals surface area contributed by atoms with Crippen LogP contribution in [0.4, 0.5) is 0 Å². The fourth-order valence-electron chi connectivity index (χ4n) is 3.72. The molecule has 1 aromatic heterocycles. The molecule has 0 radical (unpaired) electrons. The molecule has 0 saturated carbocycles. The van der Waals surface area contributed by atoms with Gasteiger partial charge in [-0.15, -0.1) is 0 Å². The summed E-state index contributed by atoms with van der Waals surface area (Å²) in [4.78, 5) is 14.0. The maximum absolute atomic E-state index is 5.93. The van der Waals surface area contributed by atoms with E-state index in [9.17, 15) is 0 Å². The highest BCUT2D eigenvalue weighted by atomic mass is 35.5. The average molecular weight is 419 g/mol. The molecule has 1 unspecified atom stereocenters. The van der Waals surface area contributed by atoms with Crippen LogP contribution < -0.4 is 5.32 Å². The number of halogens is 1. The maximum atomic E-state index is 5.93. The molecule has 2 heterocycles. The lowest BCUT2D eigenvalue weighted by Crippen LogP contribution is -2.46. The van der Waals surface area contributed by atoms with Crippen molar-refractivity contribution in [1.29, 1.82) is 0 Å². The zero-order valence-electron chi connectivity index (χ0n) is 17.6. The molecule has 0 amide bonds. The number of likely N-dealkylation sites (N-methyl/N-ethyl adjacent to an activating group) is 2. The fraction of sp³-hybridized carbons (Fsp3) is 0.571. The number of likely N-dealkylation sites (tertiary alicyclic amines) is 1. The van der Waals surface area contributed by atoms with Crippen LogP contribution in [0.15, 0.2) is 33.8 Å². The summed E-state index contributed by atoms with van der Waals surface area (Å²) in [6.45, 7) is 9.06. The zero-order chi connectivity index (χ0) is 20.6. The number of guanidine groups is 1. The van der Waals surface area contributed by atoms with Crippen LogP contribution in [-0.4, -0.2) is 71.7 Å². The van der Waals surface area contributed by atoms with E-state index in [0.717, 1.165) is 31.2 Å². The number of aliphatic imine (C=N–C) groups is 1. The Balaban J connectivity index is 1.57. The van der Waals surface area contributed by atoms with E-state index in [4.69, 9.17) is 21.1 Å². The third kappa shape index (κ3) is 5.93. The van der Waals surface area contributed by atoms with Crippen LogP contribution in [0.1, 0.15) is 32.6 Å². The topological polar surface area (TPSA) is 69.8 Å². The van der Waals surface area contributed by atoms with Crippen molar-refractivity contribution in [1.82, 2.24) is 25.3 Å². The van der Waals surface area contributed by atoms with Crippen LogP contribution in [0.25, 0.3) is 11.4 Å². The molecule has 0 aliphatic carbocycles. The smallest absolute Gasteiger partial charge is 0.228 e. The van der Waals surface area contributed by atoms with Crippen molar-refractivity contribution in [2.75, 3.05) is 39.8 Å². The van der Waals surface area contributed by atoms with Gasteiger partial charge in [-0.3, -0.25) is 9.89 Å². The van der Waals surface area contributed by atoms with Gasteiger partial charge in [0.15, 0.2) is 5.96 Å². The van der Waals surface area contributed by atoms with E-state index in [2.05, 4.69) is 46.2 Å². The predicted molar refractivity (Wildman–Crippen MR) is 117 cm³/mol. The number of nitrogens with zero attached hydrogens (tertiary/aromatic N) is 5. The van der Waals surface area contributed by atoms with Gasteiger partial charge in [0.1, 0.15) is 0 Å². The summed E-state index contributed by atoms with van der Waals surface area (Å²) in [6.07, 6.45) is 3.15. The minimum Gasteiger partial charge on any atom is -0.357 e. The Morgan fingerprint density at radius 2 is 2.14 bits per heavy atom. The van der Waals surface area contributed by atoms with Crippen LogP contribution in [0.2, 0.25) is 5.02 Å². The molecule has 1 saturated heterocycles. The molecule has 29 heavy (non-hydrogen) atoms. The van der Waals surface area contributed by atoms with Crippen molar-refractivity contribution < 1.29 is 4.52 Å². The molecule has 8 heteroatoms. The Labute approximate surface area is 178 Å². The molecule has 0 spiro atoms. The number of hydrogen-bond donors (Lipinski definition) is 1. The highest BCUT2D eigenvalue weighted by Crippen LogP contribution is 2.19. The van der Waals surface area contributed by atoms with E-state index in [1.54, 1.807) is 0 Å². The van der Waals surface area contributed by atoms with E-state index in [1.807, 2.05) is 24.3 Å². The second-order valence-corrected chi connectivity index (χ2v) is 7.75. The first kappa shape index (κ1) is 21.6. The fourth-order valence-corrected chi connectivity index (χ4v) is 3.85. The number of hydrogen-bond acceptors (Lipinski definition) is 5. The number of aromatic nitrogens is 2. The lowest BCUT2D eigenvalue weighted by molar-refractivity contribution is 0.232. The lowest BCUT2D eigenvalue weighted by atomic mass is 10.2. The summed E-state index contributed by atoms with van der Waals surface area (Å²) in [7, 11) is 2.11. The first-order valence-corrected chi connectivity index (χ1v) is 10.8. The van der Waals surface area contributed by atoms with Crippen molar-refractivity contribution in [3.63, 3.8) is 0 Å². The number of benzene rings is 1. The molecule has 1 fully saturated rings. The molecule has 1 aliphatic rings. The Kier molecular flexibility index (Phi) is 7.89. The van der Waals surface area contributed by atoms with Crippen molar-refractivity contribution in [3.8, 4) is 11.4 Å². The van der Waals surface area contributed by atoms with Crippen LogP contribution in [0.3, 0.4) is 0 Å². The largest absolute Gasteiger partial charge is 0.357 e. The van der Waals surface area contributed by atoms with Gasteiger partial charge in [-0.1, -0.05) is 23.7 Å². The van der Waals surface area contributed by atoms with Gasteiger partial charge in [0.25, 0.3) is 0 Å². The Morgan fingerprint density at radius 1 is 1.34 bits per heavy atom. The number of rotatable bonds is 8. The van der Waals surface area contributed by atoms with Crippen molar-refractivity contribution >= 4 is 17.6 Å². The normalized spacial score (nSPS) is 17.7. The Bertz CT molecular complexity index is 791. The molecule has 1 aliphatic heterocycles. The van der Waals surface area contributed by atoms with E-state index in [1.165, 1.54) is 19.4 Å². The quantitative estimate of drug-likeness (QED) is 0.524.